The van der Waals surface area contributed by atoms with E-state index in [1.807, 2.05) is 0 Å². The van der Waals surface area contributed by atoms with Gasteiger partial charge >= 0.3 is 0 Å². The zero-order valence-corrected chi connectivity index (χ0v) is 60.3. The Bertz CT molecular complexity index is 527. The maximum atomic E-state index is 3.50. The summed E-state index contributed by atoms with van der Waals surface area (Å²) in [6, 6.07) is 0. The van der Waals surface area contributed by atoms with E-state index in [0.717, 1.165) is 7.96 Å². The van der Waals surface area contributed by atoms with Crippen LogP contribution in [0.4, 0.5) is 0 Å². The SMILES string of the molecule is C.C.C.C.C.C.PPP(P)P(P(P)P)P(P(P(P(P)P)P(P)P)P(P(P)P)P(P)P)P(P(P(P)P)P(P)P)P(P(P)P)P(P)P. The van der Waals surface area contributed by atoms with Crippen LogP contribution in [0.2, 0.25) is 0 Å². The van der Waals surface area contributed by atoms with Crippen LogP contribution in [-0.4, -0.2) is 0 Å². The van der Waals surface area contributed by atoms with Gasteiger partial charge in [-0.25, -0.2) is 0 Å². The highest BCUT2D eigenvalue weighted by molar-refractivity contribution is 9.48. The Hall–Kier alpha value is 16.8. The molecule has 0 aliphatic rings. The van der Waals surface area contributed by atoms with Crippen molar-refractivity contribution in [3.63, 3.8) is 0 Å². The second-order valence-electron chi connectivity index (χ2n) is 6.04. The minimum Gasteiger partial charge on any atom is -0.109 e. The summed E-state index contributed by atoms with van der Waals surface area (Å²) >= 11 is 0. The molecule has 0 aromatic rings. The Labute approximate surface area is 352 Å². The lowest BCUT2D eigenvalue weighted by Crippen LogP contribution is -1.68. The summed E-state index contributed by atoms with van der Waals surface area (Å²) in [4.78, 5) is 0. The molecular weight excluding hydrogens is 1280 g/mol. The normalized spacial score (nSPS) is 13.9. The maximum absolute atomic E-state index is 3.50. The van der Waals surface area contributed by atoms with E-state index in [9.17, 15) is 0 Å². The Kier molecular flexibility index (Phi) is 71.2. The first-order valence-corrected chi connectivity index (χ1v) is 79.4. The van der Waals surface area contributed by atoms with Crippen LogP contribution in [-0.2, 0) is 0 Å². The quantitative estimate of drug-likeness (QED) is 0.120. The van der Waals surface area contributed by atoms with E-state index in [1.165, 1.54) is 0 Å². The Morgan fingerprint density at radius 1 is 0.222 bits per heavy atom. The van der Waals surface area contributed by atoms with Gasteiger partial charge < -0.3 is 0 Å². The van der Waals surface area contributed by atoms with Crippen molar-refractivity contribution in [2.45, 2.75) is 44.6 Å². The Balaban J connectivity index is -0.000000481. The average Bonchev–Trinajstić information content (AvgIpc) is 2.73. The van der Waals surface area contributed by atoms with Gasteiger partial charge in [0, 0.05) is 0 Å². The molecule has 0 saturated heterocycles. The van der Waals surface area contributed by atoms with E-state index in [0.29, 0.717) is 0 Å². The van der Waals surface area contributed by atoms with Gasteiger partial charge in [0.1, 0.15) is 0 Å². The molecule has 23 unspecified atom stereocenters. The number of hydrogen-bond acceptors (Lipinski definition) is 0. The largest absolute Gasteiger partial charge is 0.109 e. The Morgan fingerprint density at radius 3 is 0.467 bits per heavy atom. The molecule has 0 heterocycles. The zero-order valence-electron chi connectivity index (χ0n) is 20.1. The lowest BCUT2D eigenvalue weighted by Gasteiger charge is -2.55. The van der Waals surface area contributed by atoms with Gasteiger partial charge in [0.05, 0.1) is 0 Å². The highest BCUT2D eigenvalue weighted by Gasteiger charge is 2.54. The molecule has 0 nitrogen and oxygen atoms in total. The summed E-state index contributed by atoms with van der Waals surface area (Å²) in [6.45, 7) is -1.30. The van der Waals surface area contributed by atoms with Gasteiger partial charge in [0.2, 0.25) is 0 Å². The molecule has 0 aromatic carbocycles. The predicted octanol–water partition coefficient (Wildman–Crippen LogP) is 26.4. The second-order valence-corrected chi connectivity index (χ2v) is 163. The standard InChI is InChI=1S/6CH4.H41P39/c;;;;;;1-21-31(20)36(30(18)19)39(37(32(22(2)3)23(4)5)33(24(6)7)25(8)9)38(34(26(10)11)27(12)13)35(28(14)15)29(16)17/h6*1H4;21H,1-20H2. The van der Waals surface area contributed by atoms with E-state index in [-0.39, 0.29) is 170 Å². The molecular formula is C6H65P39. The summed E-state index contributed by atoms with van der Waals surface area (Å²) < 4.78 is 0. The minimum atomic E-state index is -0.115. The van der Waals surface area contributed by atoms with E-state index in [4.69, 9.17) is 0 Å². The third kappa shape index (κ3) is 27.9. The molecule has 0 fully saturated rings. The minimum absolute atomic E-state index is 0. The van der Waals surface area contributed by atoms with Gasteiger partial charge in [0.15, 0.2) is 0 Å². The smallest absolute Gasteiger partial charge is 0.000159 e. The van der Waals surface area contributed by atoms with Crippen molar-refractivity contribution in [3.05, 3.63) is 0 Å². The van der Waals surface area contributed by atoms with Crippen LogP contribution in [0.1, 0.15) is 44.6 Å². The third-order valence-corrected chi connectivity index (χ3v) is 268. The van der Waals surface area contributed by atoms with Crippen LogP contribution >= 0.6 is 312 Å². The van der Waals surface area contributed by atoms with Gasteiger partial charge in [0.25, 0.3) is 0 Å². The monoisotopic (exact) mass is 1350 g/mol. The van der Waals surface area contributed by atoms with Gasteiger partial charge in [-0.3, -0.25) is 0 Å². The summed E-state index contributed by atoms with van der Waals surface area (Å²) in [6.07, 6.45) is 0. The van der Waals surface area contributed by atoms with Crippen molar-refractivity contribution >= 4 is 312 Å². The lowest BCUT2D eigenvalue weighted by molar-refractivity contribution is 2.50. The van der Waals surface area contributed by atoms with E-state index in [1.54, 1.807) is 0 Å². The van der Waals surface area contributed by atoms with Crippen molar-refractivity contribution in [2.24, 2.45) is 0 Å². The van der Waals surface area contributed by atoms with Crippen molar-refractivity contribution in [3.8, 4) is 0 Å². The Morgan fingerprint density at radius 2 is 0.356 bits per heavy atom. The molecule has 0 rings (SSSR count). The molecule has 0 bridgehead atoms. The number of rotatable bonds is 18. The fourth-order valence-electron chi connectivity index (χ4n) is 2.20. The second kappa shape index (κ2) is 42.1. The summed E-state index contributed by atoms with van der Waals surface area (Å²) in [5, 5.41) is 0. The van der Waals surface area contributed by atoms with Crippen LogP contribution in [0.3, 0.4) is 0 Å². The first-order valence-electron chi connectivity index (χ1n) is 8.82. The molecule has 0 saturated carbocycles. The lowest BCUT2D eigenvalue weighted by atomic mass is 12.0. The van der Waals surface area contributed by atoms with Crippen molar-refractivity contribution in [1.29, 1.82) is 0 Å². The van der Waals surface area contributed by atoms with E-state index < -0.39 is 0 Å². The first kappa shape index (κ1) is 76.0. The van der Waals surface area contributed by atoms with Gasteiger partial charge in [-0.15, -0.1) is 179 Å². The predicted molar refractivity (Wildman–Crippen MR) is 367 cm³/mol. The van der Waals surface area contributed by atoms with Gasteiger partial charge in [-0.1, -0.05) is 52.5 Å². The van der Waals surface area contributed by atoms with Crippen LogP contribution in [0.25, 0.3) is 0 Å². The number of hydrogen-bond donors (Lipinski definition) is 0. The molecule has 0 aromatic heterocycles. The van der Waals surface area contributed by atoms with Crippen LogP contribution in [0.5, 0.6) is 0 Å². The third-order valence-electron chi connectivity index (χ3n) is 3.30. The fourth-order valence-corrected chi connectivity index (χ4v) is 535. The fraction of sp³-hybridized carbons (Fsp3) is 1.00. The zero-order chi connectivity index (χ0) is 31.1. The molecule has 284 valence electrons. The highest BCUT2D eigenvalue weighted by Crippen LogP contribution is 3.42. The van der Waals surface area contributed by atoms with Crippen molar-refractivity contribution in [2.75, 3.05) is 0 Å². The van der Waals surface area contributed by atoms with Gasteiger partial charge in [-0.2, -0.15) is 0 Å². The molecule has 0 N–H and O–H groups in total. The van der Waals surface area contributed by atoms with Crippen LogP contribution < -0.4 is 0 Å². The molecule has 0 radical (unpaired) electrons. The average molecular weight is 1350 g/mol. The summed E-state index contributed by atoms with van der Waals surface area (Å²) in [7, 11) is 68.7. The topological polar surface area (TPSA) is 0 Å². The molecule has 0 aliphatic carbocycles. The van der Waals surface area contributed by atoms with Crippen molar-refractivity contribution in [1.82, 2.24) is 0 Å². The molecule has 45 heavy (non-hydrogen) atoms. The summed E-state index contributed by atoms with van der Waals surface area (Å²) in [5.74, 6) is 0. The first-order chi connectivity index (χ1) is 17.8. The molecule has 0 amide bonds. The van der Waals surface area contributed by atoms with Crippen LogP contribution in [0.15, 0.2) is 0 Å². The maximum Gasteiger partial charge on any atom is -0.000159 e. The molecule has 23 atom stereocenters. The van der Waals surface area contributed by atoms with Crippen LogP contribution in [0, 0.1) is 0 Å². The van der Waals surface area contributed by atoms with E-state index in [2.05, 4.69) is 179 Å². The van der Waals surface area contributed by atoms with Crippen molar-refractivity contribution < 1.29 is 0 Å². The highest BCUT2D eigenvalue weighted by atomic mass is 33.5. The van der Waals surface area contributed by atoms with Gasteiger partial charge in [-0.05, 0) is 126 Å². The molecule has 0 spiro atoms. The molecule has 0 aliphatic heterocycles. The summed E-state index contributed by atoms with van der Waals surface area (Å²) in [5.41, 5.74) is 0. The molecule has 39 heteroatoms. The van der Waals surface area contributed by atoms with E-state index >= 15 is 0 Å².